The number of carbonyl (C=O) groups excluding carboxylic acids is 2. The van der Waals surface area contributed by atoms with Crippen molar-refractivity contribution in [2.24, 2.45) is 11.5 Å². The van der Waals surface area contributed by atoms with Crippen molar-refractivity contribution in [2.75, 3.05) is 6.54 Å². The molecule has 72 valence electrons. The van der Waals surface area contributed by atoms with E-state index < -0.39 is 11.9 Å². The SMILES string of the molecule is CC.CC(=O)N[C@H](CN)C(N)=O. The van der Waals surface area contributed by atoms with Crippen molar-refractivity contribution < 1.29 is 9.59 Å². The number of hydrogen-bond donors (Lipinski definition) is 3. The Balaban J connectivity index is 0. The summed E-state index contributed by atoms with van der Waals surface area (Å²) in [5, 5.41) is 2.29. The predicted octanol–water partition coefficient (Wildman–Crippen LogP) is -1.04. The molecule has 0 heterocycles. The van der Waals surface area contributed by atoms with Gasteiger partial charge in [-0.3, -0.25) is 9.59 Å². The van der Waals surface area contributed by atoms with Crippen molar-refractivity contribution in [3.8, 4) is 0 Å². The summed E-state index contributed by atoms with van der Waals surface area (Å²) in [6.45, 7) is 5.33. The molecule has 0 saturated carbocycles. The van der Waals surface area contributed by atoms with Crippen LogP contribution in [0.2, 0.25) is 0 Å². The molecule has 0 bridgehead atoms. The summed E-state index contributed by atoms with van der Waals surface area (Å²) in [6, 6.07) is -0.738. The van der Waals surface area contributed by atoms with Gasteiger partial charge in [-0.2, -0.15) is 0 Å². The molecule has 0 spiro atoms. The van der Waals surface area contributed by atoms with E-state index in [4.69, 9.17) is 11.5 Å². The standard InChI is InChI=1S/C5H11N3O2.C2H6/c1-3(9)8-4(2-6)5(7)10;1-2/h4H,2,6H2,1H3,(H2,7,10)(H,8,9);1-2H3/t4-;/m1./s1. The molecule has 5 nitrogen and oxygen atoms in total. The van der Waals surface area contributed by atoms with Gasteiger partial charge in [0.05, 0.1) is 0 Å². The fraction of sp³-hybridized carbons (Fsp3) is 0.714. The minimum absolute atomic E-state index is 0.0366. The second-order valence-electron chi connectivity index (χ2n) is 1.89. The van der Waals surface area contributed by atoms with Gasteiger partial charge in [-0.15, -0.1) is 0 Å². The third-order valence-corrected chi connectivity index (χ3v) is 0.957. The van der Waals surface area contributed by atoms with Gasteiger partial charge >= 0.3 is 0 Å². The number of amides is 2. The van der Waals surface area contributed by atoms with Crippen LogP contribution in [0.1, 0.15) is 20.8 Å². The Bertz CT molecular complexity index is 148. The summed E-state index contributed by atoms with van der Waals surface area (Å²) in [6.07, 6.45) is 0. The zero-order valence-electron chi connectivity index (χ0n) is 7.76. The number of rotatable bonds is 3. The molecule has 0 aliphatic carbocycles. The van der Waals surface area contributed by atoms with Crippen LogP contribution in [0.15, 0.2) is 0 Å². The molecule has 0 aromatic carbocycles. The van der Waals surface area contributed by atoms with Crippen LogP contribution in [-0.2, 0) is 9.59 Å². The van der Waals surface area contributed by atoms with E-state index in [0.717, 1.165) is 0 Å². The molecule has 0 saturated heterocycles. The molecule has 0 radical (unpaired) electrons. The largest absolute Gasteiger partial charge is 0.368 e. The number of nitrogens with one attached hydrogen (secondary N) is 1. The predicted molar refractivity (Wildman–Crippen MR) is 47.2 cm³/mol. The first kappa shape index (κ1) is 13.5. The molecule has 0 aromatic rings. The Morgan fingerprint density at radius 1 is 1.42 bits per heavy atom. The van der Waals surface area contributed by atoms with Gasteiger partial charge in [0.15, 0.2) is 0 Å². The maximum Gasteiger partial charge on any atom is 0.241 e. The fourth-order valence-corrected chi connectivity index (χ4v) is 0.492. The van der Waals surface area contributed by atoms with Gasteiger partial charge in [-0.05, 0) is 0 Å². The maximum absolute atomic E-state index is 10.4. The molecule has 5 heteroatoms. The lowest BCUT2D eigenvalue weighted by Crippen LogP contribution is -2.48. The summed E-state index contributed by atoms with van der Waals surface area (Å²) in [5.41, 5.74) is 9.97. The van der Waals surface area contributed by atoms with E-state index in [1.807, 2.05) is 13.8 Å². The van der Waals surface area contributed by atoms with Gasteiger partial charge in [0.2, 0.25) is 11.8 Å². The van der Waals surface area contributed by atoms with E-state index in [1.165, 1.54) is 6.92 Å². The molecule has 0 unspecified atom stereocenters. The Hall–Kier alpha value is -1.10. The van der Waals surface area contributed by atoms with Crippen LogP contribution in [0.3, 0.4) is 0 Å². The lowest BCUT2D eigenvalue weighted by atomic mass is 10.3. The molecule has 5 N–H and O–H groups in total. The Morgan fingerprint density at radius 3 is 1.92 bits per heavy atom. The number of hydrogen-bond acceptors (Lipinski definition) is 3. The topological polar surface area (TPSA) is 98.2 Å². The molecule has 12 heavy (non-hydrogen) atoms. The van der Waals surface area contributed by atoms with Crippen molar-refractivity contribution in [1.82, 2.24) is 5.32 Å². The summed E-state index contributed by atoms with van der Waals surface area (Å²) in [5.74, 6) is -0.924. The van der Waals surface area contributed by atoms with E-state index in [1.54, 1.807) is 0 Å². The first-order valence-electron chi connectivity index (χ1n) is 3.84. The van der Waals surface area contributed by atoms with Crippen molar-refractivity contribution in [3.63, 3.8) is 0 Å². The van der Waals surface area contributed by atoms with E-state index in [0.29, 0.717) is 0 Å². The molecular formula is C7H17N3O2. The van der Waals surface area contributed by atoms with Crippen LogP contribution >= 0.6 is 0 Å². The quantitative estimate of drug-likeness (QED) is 0.511. The first-order valence-corrected chi connectivity index (χ1v) is 3.84. The normalized spacial score (nSPS) is 10.7. The zero-order valence-corrected chi connectivity index (χ0v) is 7.76. The molecule has 1 atom stereocenters. The monoisotopic (exact) mass is 175 g/mol. The highest BCUT2D eigenvalue weighted by Gasteiger charge is 2.12. The van der Waals surface area contributed by atoms with Crippen LogP contribution < -0.4 is 16.8 Å². The fourth-order valence-electron chi connectivity index (χ4n) is 0.492. The van der Waals surface area contributed by atoms with Gasteiger partial charge in [0.1, 0.15) is 6.04 Å². The maximum atomic E-state index is 10.4. The first-order chi connectivity index (χ1) is 5.57. The van der Waals surface area contributed by atoms with Crippen LogP contribution in [0, 0.1) is 0 Å². The molecule has 0 fully saturated rings. The van der Waals surface area contributed by atoms with E-state index >= 15 is 0 Å². The van der Waals surface area contributed by atoms with Gasteiger partial charge in [-0.1, -0.05) is 13.8 Å². The molecule has 2 amide bonds. The zero-order chi connectivity index (χ0) is 10.1. The van der Waals surface area contributed by atoms with Gasteiger partial charge in [0, 0.05) is 13.5 Å². The van der Waals surface area contributed by atoms with Gasteiger partial charge in [-0.25, -0.2) is 0 Å². The minimum atomic E-state index is -0.738. The molecular weight excluding hydrogens is 158 g/mol. The lowest BCUT2D eigenvalue weighted by Gasteiger charge is -2.10. The van der Waals surface area contributed by atoms with E-state index in [9.17, 15) is 9.59 Å². The average Bonchev–Trinajstić information content (AvgIpc) is 2.03. The third-order valence-electron chi connectivity index (χ3n) is 0.957. The Labute approximate surface area is 72.5 Å². The molecule has 0 aliphatic heterocycles. The van der Waals surface area contributed by atoms with Crippen molar-refractivity contribution in [2.45, 2.75) is 26.8 Å². The van der Waals surface area contributed by atoms with Gasteiger partial charge < -0.3 is 16.8 Å². The summed E-state index contributed by atoms with van der Waals surface area (Å²) in [4.78, 5) is 20.7. The van der Waals surface area contributed by atoms with Gasteiger partial charge in [0.25, 0.3) is 0 Å². The van der Waals surface area contributed by atoms with E-state index in [-0.39, 0.29) is 12.5 Å². The second kappa shape index (κ2) is 8.00. The highest BCUT2D eigenvalue weighted by atomic mass is 16.2. The van der Waals surface area contributed by atoms with Crippen molar-refractivity contribution in [1.29, 1.82) is 0 Å². The highest BCUT2D eigenvalue weighted by Crippen LogP contribution is 1.76. The summed E-state index contributed by atoms with van der Waals surface area (Å²) in [7, 11) is 0. The van der Waals surface area contributed by atoms with Crippen LogP contribution in [0.25, 0.3) is 0 Å². The lowest BCUT2D eigenvalue weighted by molar-refractivity contribution is -0.125. The molecule has 0 rings (SSSR count). The molecule has 0 aliphatic rings. The smallest absolute Gasteiger partial charge is 0.241 e. The third kappa shape index (κ3) is 7.01. The van der Waals surface area contributed by atoms with Crippen molar-refractivity contribution in [3.05, 3.63) is 0 Å². The molecule has 0 aromatic heterocycles. The Kier molecular flexibility index (Phi) is 8.99. The van der Waals surface area contributed by atoms with Crippen LogP contribution in [-0.4, -0.2) is 24.4 Å². The summed E-state index contributed by atoms with van der Waals surface area (Å²) >= 11 is 0. The second-order valence-corrected chi connectivity index (χ2v) is 1.89. The van der Waals surface area contributed by atoms with Crippen LogP contribution in [0.4, 0.5) is 0 Å². The number of primary amides is 1. The number of carbonyl (C=O) groups is 2. The Morgan fingerprint density at radius 2 is 1.83 bits per heavy atom. The number of nitrogens with two attached hydrogens (primary N) is 2. The summed E-state index contributed by atoms with van der Waals surface area (Å²) < 4.78 is 0. The van der Waals surface area contributed by atoms with Crippen molar-refractivity contribution >= 4 is 11.8 Å². The van der Waals surface area contributed by atoms with Crippen LogP contribution in [0.5, 0.6) is 0 Å². The highest BCUT2D eigenvalue weighted by molar-refractivity contribution is 5.85. The average molecular weight is 175 g/mol. The van der Waals surface area contributed by atoms with E-state index in [2.05, 4.69) is 5.32 Å². The minimum Gasteiger partial charge on any atom is -0.368 e.